The maximum Gasteiger partial charge on any atom is 0.255 e. The normalized spacial score (nSPS) is 11.8. The highest BCUT2D eigenvalue weighted by Gasteiger charge is 2.16. The molecule has 0 aliphatic carbocycles. The van der Waals surface area contributed by atoms with Crippen LogP contribution in [0.1, 0.15) is 15.9 Å². The molecule has 0 spiro atoms. The number of aromatic nitrogens is 1. The quantitative estimate of drug-likeness (QED) is 0.762. The number of hydrogen-bond donors (Lipinski definition) is 1. The SMILES string of the molecule is O=C(Nc1ccc(OCc2ccccc2)nc1)c1ccc2c(c1)OCO2. The molecule has 2 aromatic carbocycles. The lowest BCUT2D eigenvalue weighted by atomic mass is 10.2. The van der Waals surface area contributed by atoms with Gasteiger partial charge in [0.05, 0.1) is 11.9 Å². The first kappa shape index (κ1) is 16.0. The first-order valence-corrected chi connectivity index (χ1v) is 8.12. The van der Waals surface area contributed by atoms with Crippen LogP contribution in [-0.4, -0.2) is 17.7 Å². The number of carbonyl (C=O) groups is 1. The first-order chi connectivity index (χ1) is 12.8. The van der Waals surface area contributed by atoms with Gasteiger partial charge in [-0.15, -0.1) is 0 Å². The van der Waals surface area contributed by atoms with Crippen molar-refractivity contribution in [2.75, 3.05) is 12.1 Å². The van der Waals surface area contributed by atoms with Crippen molar-refractivity contribution < 1.29 is 19.0 Å². The molecule has 2 heterocycles. The van der Waals surface area contributed by atoms with Gasteiger partial charge in [0, 0.05) is 11.6 Å². The van der Waals surface area contributed by atoms with Gasteiger partial charge in [-0.3, -0.25) is 4.79 Å². The second-order valence-corrected chi connectivity index (χ2v) is 5.68. The monoisotopic (exact) mass is 348 g/mol. The average Bonchev–Trinajstić information content (AvgIpc) is 3.16. The number of fused-ring (bicyclic) bond motifs is 1. The molecule has 130 valence electrons. The van der Waals surface area contributed by atoms with Crippen LogP contribution < -0.4 is 19.5 Å². The summed E-state index contributed by atoms with van der Waals surface area (Å²) in [4.78, 5) is 16.6. The molecule has 0 fully saturated rings. The topological polar surface area (TPSA) is 69.7 Å². The van der Waals surface area contributed by atoms with E-state index in [1.165, 1.54) is 0 Å². The van der Waals surface area contributed by atoms with E-state index in [1.54, 1.807) is 36.5 Å². The number of benzene rings is 2. The average molecular weight is 348 g/mol. The molecule has 1 aliphatic rings. The number of carbonyl (C=O) groups excluding carboxylic acids is 1. The standard InChI is InChI=1S/C20H16N2O4/c23-20(15-6-8-17-18(10-15)26-13-25-17)22-16-7-9-19(21-11-16)24-12-14-4-2-1-3-5-14/h1-11H,12-13H2,(H,22,23). The number of hydrogen-bond acceptors (Lipinski definition) is 5. The first-order valence-electron chi connectivity index (χ1n) is 8.12. The minimum atomic E-state index is -0.247. The highest BCUT2D eigenvalue weighted by Crippen LogP contribution is 2.32. The van der Waals surface area contributed by atoms with E-state index >= 15 is 0 Å². The van der Waals surface area contributed by atoms with Crippen LogP contribution in [0.2, 0.25) is 0 Å². The number of rotatable bonds is 5. The van der Waals surface area contributed by atoms with E-state index in [0.29, 0.717) is 35.2 Å². The molecular weight excluding hydrogens is 332 g/mol. The Morgan fingerprint density at radius 2 is 1.88 bits per heavy atom. The lowest BCUT2D eigenvalue weighted by Gasteiger charge is -2.08. The van der Waals surface area contributed by atoms with Gasteiger partial charge in [-0.25, -0.2) is 4.98 Å². The van der Waals surface area contributed by atoms with Crippen molar-refractivity contribution in [3.05, 3.63) is 78.0 Å². The summed E-state index contributed by atoms with van der Waals surface area (Å²) < 4.78 is 16.2. The van der Waals surface area contributed by atoms with Crippen LogP contribution in [0, 0.1) is 0 Å². The number of amides is 1. The zero-order chi connectivity index (χ0) is 17.8. The smallest absolute Gasteiger partial charge is 0.255 e. The third kappa shape index (κ3) is 3.59. The van der Waals surface area contributed by atoms with Gasteiger partial charge in [0.25, 0.3) is 5.91 Å². The molecule has 26 heavy (non-hydrogen) atoms. The van der Waals surface area contributed by atoms with E-state index in [4.69, 9.17) is 14.2 Å². The third-order valence-electron chi connectivity index (χ3n) is 3.86. The van der Waals surface area contributed by atoms with E-state index in [9.17, 15) is 4.79 Å². The van der Waals surface area contributed by atoms with Gasteiger partial charge in [0.15, 0.2) is 11.5 Å². The summed E-state index contributed by atoms with van der Waals surface area (Å²) in [5.74, 6) is 1.46. The number of ether oxygens (including phenoxy) is 3. The fourth-order valence-electron chi connectivity index (χ4n) is 2.51. The van der Waals surface area contributed by atoms with Crippen LogP contribution in [0.15, 0.2) is 66.9 Å². The summed E-state index contributed by atoms with van der Waals surface area (Å²) >= 11 is 0. The maximum absolute atomic E-state index is 12.3. The van der Waals surface area contributed by atoms with Crippen LogP contribution >= 0.6 is 0 Å². The number of anilines is 1. The molecule has 6 heteroatoms. The Morgan fingerprint density at radius 1 is 1.04 bits per heavy atom. The van der Waals surface area contributed by atoms with Crippen molar-refractivity contribution in [2.24, 2.45) is 0 Å². The van der Waals surface area contributed by atoms with Crippen molar-refractivity contribution in [1.82, 2.24) is 4.98 Å². The molecule has 4 rings (SSSR count). The van der Waals surface area contributed by atoms with Gasteiger partial charge in [-0.2, -0.15) is 0 Å². The lowest BCUT2D eigenvalue weighted by Crippen LogP contribution is -2.12. The maximum atomic E-state index is 12.3. The van der Waals surface area contributed by atoms with Crippen molar-refractivity contribution in [3.8, 4) is 17.4 Å². The molecule has 0 atom stereocenters. The van der Waals surface area contributed by atoms with Crippen molar-refractivity contribution in [3.63, 3.8) is 0 Å². The molecule has 0 saturated carbocycles. The Labute approximate surface area is 150 Å². The highest BCUT2D eigenvalue weighted by molar-refractivity contribution is 6.04. The fraction of sp³-hybridized carbons (Fsp3) is 0.100. The van der Waals surface area contributed by atoms with E-state index in [2.05, 4.69) is 10.3 Å². The second-order valence-electron chi connectivity index (χ2n) is 5.68. The van der Waals surface area contributed by atoms with Gasteiger partial charge in [0.1, 0.15) is 6.61 Å². The zero-order valence-electron chi connectivity index (χ0n) is 13.8. The molecule has 3 aromatic rings. The Morgan fingerprint density at radius 3 is 2.69 bits per heavy atom. The third-order valence-corrected chi connectivity index (χ3v) is 3.86. The molecule has 1 aliphatic heterocycles. The summed E-state index contributed by atoms with van der Waals surface area (Å²) in [6.45, 7) is 0.617. The summed E-state index contributed by atoms with van der Waals surface area (Å²) in [5.41, 5.74) is 2.13. The minimum Gasteiger partial charge on any atom is -0.473 e. The van der Waals surface area contributed by atoms with Crippen molar-refractivity contribution >= 4 is 11.6 Å². The van der Waals surface area contributed by atoms with Crippen LogP contribution in [0.5, 0.6) is 17.4 Å². The summed E-state index contributed by atoms with van der Waals surface area (Å²) in [7, 11) is 0. The second kappa shape index (κ2) is 7.14. The minimum absolute atomic E-state index is 0.175. The van der Waals surface area contributed by atoms with E-state index in [1.807, 2.05) is 30.3 Å². The fourth-order valence-corrected chi connectivity index (χ4v) is 2.51. The number of pyridine rings is 1. The molecule has 1 N–H and O–H groups in total. The van der Waals surface area contributed by atoms with E-state index in [-0.39, 0.29) is 12.7 Å². The van der Waals surface area contributed by atoms with E-state index < -0.39 is 0 Å². The molecule has 0 radical (unpaired) electrons. The molecule has 0 unspecified atom stereocenters. The molecule has 0 saturated heterocycles. The van der Waals surface area contributed by atoms with Gasteiger partial charge < -0.3 is 19.5 Å². The predicted molar refractivity (Wildman–Crippen MR) is 95.5 cm³/mol. The van der Waals surface area contributed by atoms with Gasteiger partial charge >= 0.3 is 0 Å². The zero-order valence-corrected chi connectivity index (χ0v) is 13.8. The van der Waals surface area contributed by atoms with Crippen LogP contribution in [0.25, 0.3) is 0 Å². The van der Waals surface area contributed by atoms with Gasteiger partial charge in [-0.05, 0) is 29.8 Å². The number of nitrogens with zero attached hydrogens (tertiary/aromatic N) is 1. The summed E-state index contributed by atoms with van der Waals surface area (Å²) in [6, 6.07) is 18.4. The Bertz CT molecular complexity index is 911. The predicted octanol–water partition coefficient (Wildman–Crippen LogP) is 3.64. The Balaban J connectivity index is 1.37. The summed E-state index contributed by atoms with van der Waals surface area (Å²) in [5, 5.41) is 2.80. The van der Waals surface area contributed by atoms with Crippen LogP contribution in [0.4, 0.5) is 5.69 Å². The Hall–Kier alpha value is -3.54. The highest BCUT2D eigenvalue weighted by atomic mass is 16.7. The van der Waals surface area contributed by atoms with Gasteiger partial charge in [-0.1, -0.05) is 30.3 Å². The molecule has 1 amide bonds. The molecular formula is C20H16N2O4. The van der Waals surface area contributed by atoms with Crippen molar-refractivity contribution in [2.45, 2.75) is 6.61 Å². The number of nitrogens with one attached hydrogen (secondary N) is 1. The van der Waals surface area contributed by atoms with E-state index in [0.717, 1.165) is 5.56 Å². The van der Waals surface area contributed by atoms with Crippen molar-refractivity contribution in [1.29, 1.82) is 0 Å². The Kier molecular flexibility index (Phi) is 4.38. The largest absolute Gasteiger partial charge is 0.473 e. The summed E-state index contributed by atoms with van der Waals surface area (Å²) in [6.07, 6.45) is 1.56. The molecule has 0 bridgehead atoms. The molecule has 6 nitrogen and oxygen atoms in total. The molecule has 1 aromatic heterocycles. The van der Waals surface area contributed by atoms with Crippen LogP contribution in [0.3, 0.4) is 0 Å². The van der Waals surface area contributed by atoms with Crippen LogP contribution in [-0.2, 0) is 6.61 Å². The van der Waals surface area contributed by atoms with Gasteiger partial charge in [0.2, 0.25) is 12.7 Å². The lowest BCUT2D eigenvalue weighted by molar-refractivity contribution is 0.102.